The highest BCUT2D eigenvalue weighted by molar-refractivity contribution is 6.34. The second-order valence-corrected chi connectivity index (χ2v) is 35.2. The van der Waals surface area contributed by atoms with Crippen LogP contribution in [0.15, 0.2) is 194 Å². The minimum absolute atomic E-state index is 0.0376. The number of para-hydroxylation sites is 1. The molecule has 137 heavy (non-hydrogen) atoms. The number of aromatic nitrogens is 6. The van der Waals surface area contributed by atoms with Crippen LogP contribution in [0.2, 0.25) is 5.02 Å². The summed E-state index contributed by atoms with van der Waals surface area (Å²) in [5.41, 5.74) is 11.8. The molecule has 8 aromatic carbocycles. The van der Waals surface area contributed by atoms with Gasteiger partial charge in [-0.25, -0.2) is 23.2 Å². The van der Waals surface area contributed by atoms with E-state index in [0.29, 0.717) is 135 Å². The minimum atomic E-state index is -0.565. The summed E-state index contributed by atoms with van der Waals surface area (Å²) >= 11 is 6.68. The molecule has 3 aromatic heterocycles. The molecule has 28 nitrogen and oxygen atoms in total. The van der Waals surface area contributed by atoms with Gasteiger partial charge in [-0.05, 0) is 184 Å². The number of ether oxygens (including phenoxy) is 3. The standard InChI is InChI=1S/C39H46N4O6.C38H44FN5O5.C30H37ClN4O4/c1-4-6-19-41(20-7-5-2)39(47)35-21-28(3)43(40-35)36-23-33(48-27-37(45)49-26-29-13-9-8-10-14-29)17-18-34(36)38(46)42-24-31-16-12-11-15-30(31)22-32(42)25-44;1-4-6-18-42(19-7-5-2)38(48)34-20-26(3)44(41-34)35-22-30(49-25-36(46)40-33-15-11-10-14-32(33)39)16-17-31(35)37(47)43-23-28-13-9-8-12-27(28)21-29(43)24-45;1-4-6-14-33(15-7-5-2)30(39)28-27(31)20(3)35(32-28)26-13-12-24(37)17-25(26)29(38)34-18-22-11-9-8-10-21(22)16-23(34)19-36/h8-18,21,23,32,44H,4-7,19-20,22,24-27H2,1-3H3;8-17,20,22,29,45H,4-7,18-19,21,23-25H2,1-3H3,(H,40,46);8-13,17,23,36-37H,4-7,14-16,18-19H2,1-3H3/t32-;29-;23-/m000/s1. The molecule has 0 unspecified atom stereocenters. The molecule has 3 aliphatic rings. The van der Waals surface area contributed by atoms with E-state index < -0.39 is 42.4 Å². The lowest BCUT2D eigenvalue weighted by molar-refractivity contribution is -0.147. The van der Waals surface area contributed by atoms with Crippen molar-refractivity contribution in [1.29, 1.82) is 0 Å². The van der Waals surface area contributed by atoms with Crippen LogP contribution in [0.1, 0.15) is 237 Å². The third kappa shape index (κ3) is 25.9. The summed E-state index contributed by atoms with van der Waals surface area (Å²) in [6.07, 6.45) is 12.7. The average molecular weight is 1890 g/mol. The van der Waals surface area contributed by atoms with Crippen molar-refractivity contribution in [3.8, 4) is 34.3 Å². The number of carbonyl (C=O) groups is 8. The maximum Gasteiger partial charge on any atom is 0.344 e. The molecule has 3 atom stereocenters. The number of rotatable bonds is 39. The van der Waals surface area contributed by atoms with E-state index in [4.69, 9.17) is 36.0 Å². The average Bonchev–Trinajstić information content (AvgIpc) is 1.66. The van der Waals surface area contributed by atoms with Crippen molar-refractivity contribution in [3.63, 3.8) is 0 Å². The van der Waals surface area contributed by atoms with Gasteiger partial charge in [0, 0.05) is 82.4 Å². The van der Waals surface area contributed by atoms with E-state index in [1.165, 1.54) is 35.0 Å². The molecular weight excluding hydrogens is 1760 g/mol. The van der Waals surface area contributed by atoms with Gasteiger partial charge in [-0.3, -0.25) is 33.6 Å². The molecule has 0 spiro atoms. The molecule has 0 saturated carbocycles. The smallest absolute Gasteiger partial charge is 0.344 e. The number of benzene rings is 8. The molecule has 11 aromatic rings. The topological polar surface area (TPSA) is 330 Å². The van der Waals surface area contributed by atoms with E-state index in [-0.39, 0.29) is 108 Å². The van der Waals surface area contributed by atoms with Crippen molar-refractivity contribution in [2.75, 3.05) is 77.6 Å². The van der Waals surface area contributed by atoms with Gasteiger partial charge in [0.1, 0.15) is 29.7 Å². The van der Waals surface area contributed by atoms with Crippen molar-refractivity contribution in [2.24, 2.45) is 0 Å². The first-order chi connectivity index (χ1) is 66.4. The lowest BCUT2D eigenvalue weighted by Crippen LogP contribution is -2.46. The molecule has 0 aliphatic carbocycles. The molecule has 14 rings (SSSR count). The van der Waals surface area contributed by atoms with Gasteiger partial charge in [0.25, 0.3) is 41.4 Å². The molecule has 3 aliphatic heterocycles. The van der Waals surface area contributed by atoms with Gasteiger partial charge in [0.15, 0.2) is 30.3 Å². The van der Waals surface area contributed by atoms with Crippen LogP contribution < -0.4 is 14.8 Å². The third-order valence-electron chi connectivity index (χ3n) is 24.9. The number of hydrogen-bond donors (Lipinski definition) is 5. The molecule has 0 saturated heterocycles. The van der Waals surface area contributed by atoms with Gasteiger partial charge in [0.2, 0.25) is 0 Å². The number of phenols is 1. The van der Waals surface area contributed by atoms with E-state index in [2.05, 4.69) is 52.0 Å². The van der Waals surface area contributed by atoms with E-state index in [9.17, 15) is 63.2 Å². The number of anilines is 1. The van der Waals surface area contributed by atoms with Crippen LogP contribution in [-0.4, -0.2) is 217 Å². The summed E-state index contributed by atoms with van der Waals surface area (Å²) in [5.74, 6) is -2.64. The first kappa shape index (κ1) is 103. The summed E-state index contributed by atoms with van der Waals surface area (Å²) in [6, 6.07) is 55.3. The molecule has 724 valence electrons. The summed E-state index contributed by atoms with van der Waals surface area (Å²) in [7, 11) is 0. The van der Waals surface area contributed by atoms with Gasteiger partial charge < -0.3 is 69.4 Å². The SMILES string of the molecule is CCCCN(CCCC)C(=O)c1cc(C)n(-c2cc(OCC(=O)Nc3ccccc3F)ccc2C(=O)N2Cc3ccccc3C[C@H]2CO)n1.CCCCN(CCCC)C(=O)c1cc(C)n(-c2cc(OCC(=O)OCc3ccccc3)ccc2C(=O)N2Cc3ccccc3C[C@H]2CO)n1.CCCCN(CCCC)C(=O)c1nn(-c2ccc(O)cc2C(=O)N2Cc3ccccc3C[C@H]2CO)c(C)c1Cl. The highest BCUT2D eigenvalue weighted by Crippen LogP contribution is 2.36. The number of carbonyl (C=O) groups excluding carboxylic acids is 8. The highest BCUT2D eigenvalue weighted by atomic mass is 35.5. The predicted octanol–water partition coefficient (Wildman–Crippen LogP) is 17.0. The van der Waals surface area contributed by atoms with Gasteiger partial charge >= 0.3 is 5.97 Å². The third-order valence-corrected chi connectivity index (χ3v) is 25.4. The minimum Gasteiger partial charge on any atom is -0.508 e. The van der Waals surface area contributed by atoms with Crippen LogP contribution in [0.4, 0.5) is 10.1 Å². The highest BCUT2D eigenvalue weighted by Gasteiger charge is 2.38. The van der Waals surface area contributed by atoms with Crippen molar-refractivity contribution in [1.82, 2.24) is 58.7 Å². The van der Waals surface area contributed by atoms with E-state index >= 15 is 0 Å². The molecular formula is C107H127ClFN13O15. The van der Waals surface area contributed by atoms with Gasteiger partial charge in [-0.2, -0.15) is 15.3 Å². The normalized spacial score (nSPS) is 14.1. The Labute approximate surface area is 805 Å². The van der Waals surface area contributed by atoms with Crippen molar-refractivity contribution in [2.45, 2.75) is 203 Å². The van der Waals surface area contributed by atoms with Gasteiger partial charge in [0.05, 0.1) is 88.1 Å². The summed E-state index contributed by atoms with van der Waals surface area (Å²) in [4.78, 5) is 119. The Kier molecular flexibility index (Phi) is 37.4. The Bertz CT molecular complexity index is 5970. The van der Waals surface area contributed by atoms with Crippen LogP contribution in [0.25, 0.3) is 17.1 Å². The molecule has 30 heteroatoms. The summed E-state index contributed by atoms with van der Waals surface area (Å²) in [5, 5.41) is 57.9. The Morgan fingerprint density at radius 3 is 1.23 bits per heavy atom. The largest absolute Gasteiger partial charge is 0.508 e. The quantitative estimate of drug-likeness (QED) is 0.0223. The van der Waals surface area contributed by atoms with E-state index in [1.807, 2.05) is 127 Å². The van der Waals surface area contributed by atoms with Gasteiger partial charge in [-0.15, -0.1) is 0 Å². The number of esters is 1. The Morgan fingerprint density at radius 2 is 0.818 bits per heavy atom. The zero-order valence-corrected chi connectivity index (χ0v) is 80.6. The number of aliphatic hydroxyl groups is 3. The van der Waals surface area contributed by atoms with Crippen molar-refractivity contribution >= 4 is 64.6 Å². The molecule has 5 N–H and O–H groups in total. The maximum atomic E-state index is 14.4. The second-order valence-electron chi connectivity index (χ2n) is 34.9. The number of hydrogen-bond acceptors (Lipinski definition) is 18. The van der Waals surface area contributed by atoms with Crippen LogP contribution in [0, 0.1) is 26.6 Å². The fraction of sp³-hybridized carbons (Fsp3) is 0.393. The van der Waals surface area contributed by atoms with Crippen LogP contribution in [0.5, 0.6) is 17.2 Å². The molecule has 0 fully saturated rings. The Hall–Kier alpha value is -13.4. The Morgan fingerprint density at radius 1 is 0.431 bits per heavy atom. The lowest BCUT2D eigenvalue weighted by Gasteiger charge is -2.36. The number of phenolic OH excluding ortho intramolecular Hbond substituents is 1. The zero-order chi connectivity index (χ0) is 97.8. The lowest BCUT2D eigenvalue weighted by atomic mass is 9.93. The van der Waals surface area contributed by atoms with Crippen molar-refractivity contribution in [3.05, 3.63) is 295 Å². The number of aryl methyl sites for hydroxylation is 2. The number of halogens is 2. The fourth-order valence-electron chi connectivity index (χ4n) is 17.1. The molecule has 6 heterocycles. The number of unbranched alkanes of at least 4 members (excludes halogenated alkanes) is 6. The predicted molar refractivity (Wildman–Crippen MR) is 524 cm³/mol. The van der Waals surface area contributed by atoms with Crippen LogP contribution >= 0.6 is 11.6 Å². The van der Waals surface area contributed by atoms with E-state index in [0.717, 1.165) is 116 Å². The number of aromatic hydroxyl groups is 1. The summed E-state index contributed by atoms with van der Waals surface area (Å²) < 4.78 is 35.8. The maximum absolute atomic E-state index is 14.4. The molecule has 0 bridgehead atoms. The van der Waals surface area contributed by atoms with Crippen LogP contribution in [0.3, 0.4) is 0 Å². The Balaban J connectivity index is 0.000000186. The first-order valence-corrected chi connectivity index (χ1v) is 48.1. The number of nitrogens with one attached hydrogen (secondary N) is 1. The van der Waals surface area contributed by atoms with Crippen LogP contribution in [-0.2, 0) is 59.8 Å². The molecule has 7 amide bonds. The second kappa shape index (κ2) is 49.9. The monoisotopic (exact) mass is 1890 g/mol. The number of aliphatic hydroxyl groups excluding tert-OH is 3. The number of fused-ring (bicyclic) bond motifs is 3. The fourth-order valence-corrected chi connectivity index (χ4v) is 17.3. The molecule has 0 radical (unpaired) electrons. The van der Waals surface area contributed by atoms with Gasteiger partial charge in [-0.1, -0.05) is 207 Å². The number of amides is 7. The zero-order valence-electron chi connectivity index (χ0n) is 79.8. The van der Waals surface area contributed by atoms with Crippen molar-refractivity contribution < 1.29 is 77.4 Å². The first-order valence-electron chi connectivity index (χ1n) is 47.7. The summed E-state index contributed by atoms with van der Waals surface area (Å²) in [6.45, 7) is 21.5. The van der Waals surface area contributed by atoms with E-state index in [1.54, 1.807) is 96.6 Å². The number of nitrogens with zero attached hydrogens (tertiary/aromatic N) is 12.